The largest absolute Gasteiger partial charge is 0.497 e. The van der Waals surface area contributed by atoms with Gasteiger partial charge in [0.25, 0.3) is 5.91 Å². The molecule has 30 heavy (non-hydrogen) atoms. The van der Waals surface area contributed by atoms with Crippen LogP contribution in [-0.4, -0.2) is 34.8 Å². The fraction of sp³-hybridized carbons (Fsp3) is 0.435. The topological polar surface area (TPSA) is 81.6 Å². The van der Waals surface area contributed by atoms with Gasteiger partial charge in [-0.2, -0.15) is 0 Å². The van der Waals surface area contributed by atoms with E-state index in [1.807, 2.05) is 41.3 Å². The number of ether oxygens (including phenoxy) is 1. The van der Waals surface area contributed by atoms with Crippen molar-refractivity contribution in [3.05, 3.63) is 53.6 Å². The van der Waals surface area contributed by atoms with Crippen LogP contribution in [0.2, 0.25) is 0 Å². The Morgan fingerprint density at radius 3 is 2.57 bits per heavy atom. The minimum Gasteiger partial charge on any atom is -0.497 e. The highest BCUT2D eigenvalue weighted by atomic mass is 16.5. The van der Waals surface area contributed by atoms with Crippen LogP contribution in [0.5, 0.6) is 5.75 Å². The Morgan fingerprint density at radius 1 is 1.00 bits per heavy atom. The lowest BCUT2D eigenvalue weighted by Gasteiger charge is -2.27. The zero-order chi connectivity index (χ0) is 20.5. The number of carbonyl (C=O) groups excluding carboxylic acids is 1. The summed E-state index contributed by atoms with van der Waals surface area (Å²) < 4.78 is 16.4. The van der Waals surface area contributed by atoms with Crippen molar-refractivity contribution in [2.75, 3.05) is 13.7 Å². The summed E-state index contributed by atoms with van der Waals surface area (Å²) in [6.45, 7) is 0.674. The Bertz CT molecular complexity index is 1020. The molecule has 1 saturated heterocycles. The molecular formula is C23H25N3O4. The molecule has 0 unspecified atom stereocenters. The molecule has 3 heterocycles. The molecule has 0 radical (unpaired) electrons. The molecule has 3 aromatic rings. The van der Waals surface area contributed by atoms with Gasteiger partial charge >= 0.3 is 0 Å². The Morgan fingerprint density at radius 2 is 1.80 bits per heavy atom. The molecule has 7 nitrogen and oxygen atoms in total. The fourth-order valence-corrected chi connectivity index (χ4v) is 4.09. The van der Waals surface area contributed by atoms with Gasteiger partial charge in [-0.05, 0) is 49.9 Å². The normalized spacial score (nSPS) is 19.5. The third kappa shape index (κ3) is 3.72. The van der Waals surface area contributed by atoms with E-state index in [0.29, 0.717) is 23.9 Å². The standard InChI is InChI=1S/C23H25N3O4/c1-28-17-10-8-15(9-11-17)18-13-22(30-24-18)20-5-3-2-4-12-26(20)23(27)19-14-21(29-25-19)16-6-7-16/h8-11,13-14,16,20H,2-7,12H2,1H3/t20-/m1/s1. The number of hydrogen-bond donors (Lipinski definition) is 0. The fourth-order valence-electron chi connectivity index (χ4n) is 4.09. The van der Waals surface area contributed by atoms with E-state index in [4.69, 9.17) is 13.8 Å². The average Bonchev–Trinajstić information content (AvgIpc) is 3.40. The molecule has 5 rings (SSSR count). The number of methoxy groups -OCH3 is 1. The third-order valence-corrected chi connectivity index (χ3v) is 5.98. The van der Waals surface area contributed by atoms with Crippen LogP contribution in [0.15, 0.2) is 45.4 Å². The molecule has 2 fully saturated rings. The van der Waals surface area contributed by atoms with Gasteiger partial charge in [-0.15, -0.1) is 0 Å². The number of benzene rings is 1. The summed E-state index contributed by atoms with van der Waals surface area (Å²) in [7, 11) is 1.64. The first-order valence-corrected chi connectivity index (χ1v) is 10.6. The van der Waals surface area contributed by atoms with E-state index in [2.05, 4.69) is 10.3 Å². The predicted octanol–water partition coefficient (Wildman–Crippen LogP) is 4.97. The smallest absolute Gasteiger partial charge is 0.276 e. The number of nitrogens with zero attached hydrogens (tertiary/aromatic N) is 3. The van der Waals surface area contributed by atoms with E-state index in [1.54, 1.807) is 7.11 Å². The summed E-state index contributed by atoms with van der Waals surface area (Å²) in [6.07, 6.45) is 6.17. The minimum absolute atomic E-state index is 0.0973. The van der Waals surface area contributed by atoms with E-state index < -0.39 is 0 Å². The van der Waals surface area contributed by atoms with E-state index in [0.717, 1.165) is 61.3 Å². The van der Waals surface area contributed by atoms with Crippen molar-refractivity contribution in [1.82, 2.24) is 15.2 Å². The van der Waals surface area contributed by atoms with Crippen molar-refractivity contribution >= 4 is 5.91 Å². The van der Waals surface area contributed by atoms with Gasteiger partial charge in [0, 0.05) is 30.2 Å². The number of amides is 1. The van der Waals surface area contributed by atoms with Gasteiger partial charge in [-0.1, -0.05) is 23.2 Å². The summed E-state index contributed by atoms with van der Waals surface area (Å²) >= 11 is 0. The molecule has 2 aromatic heterocycles. The maximum Gasteiger partial charge on any atom is 0.276 e. The van der Waals surface area contributed by atoms with Gasteiger partial charge in [-0.25, -0.2) is 0 Å². The number of hydrogen-bond acceptors (Lipinski definition) is 6. The molecule has 7 heteroatoms. The zero-order valence-corrected chi connectivity index (χ0v) is 17.0. The van der Waals surface area contributed by atoms with Gasteiger partial charge in [0.05, 0.1) is 13.2 Å². The lowest BCUT2D eigenvalue weighted by atomic mass is 10.1. The predicted molar refractivity (Wildman–Crippen MR) is 109 cm³/mol. The van der Waals surface area contributed by atoms with E-state index in [1.165, 1.54) is 0 Å². The highest BCUT2D eigenvalue weighted by Crippen LogP contribution is 2.40. The Hall–Kier alpha value is -3.09. The van der Waals surface area contributed by atoms with Gasteiger partial charge in [0.1, 0.15) is 17.2 Å². The molecule has 0 spiro atoms. The molecular weight excluding hydrogens is 382 g/mol. The number of likely N-dealkylation sites (tertiary alicyclic amines) is 1. The van der Waals surface area contributed by atoms with Crippen LogP contribution < -0.4 is 4.74 Å². The third-order valence-electron chi connectivity index (χ3n) is 5.98. The maximum absolute atomic E-state index is 13.3. The number of rotatable bonds is 5. The first-order valence-electron chi connectivity index (χ1n) is 10.6. The van der Waals surface area contributed by atoms with Crippen LogP contribution in [-0.2, 0) is 0 Å². The molecule has 0 bridgehead atoms. The van der Waals surface area contributed by atoms with Crippen LogP contribution in [0.3, 0.4) is 0 Å². The van der Waals surface area contributed by atoms with Gasteiger partial charge in [-0.3, -0.25) is 4.79 Å². The molecule has 1 saturated carbocycles. The van der Waals surface area contributed by atoms with E-state index in [9.17, 15) is 4.79 Å². The lowest BCUT2D eigenvalue weighted by Crippen LogP contribution is -2.34. The Balaban J connectivity index is 1.40. The monoisotopic (exact) mass is 407 g/mol. The summed E-state index contributed by atoms with van der Waals surface area (Å²) in [5, 5.41) is 8.32. The summed E-state index contributed by atoms with van der Waals surface area (Å²) in [6, 6.07) is 11.3. The van der Waals surface area contributed by atoms with Gasteiger partial charge in [0.2, 0.25) is 0 Å². The average molecular weight is 407 g/mol. The highest BCUT2D eigenvalue weighted by Gasteiger charge is 2.34. The van der Waals surface area contributed by atoms with Crippen molar-refractivity contribution in [2.24, 2.45) is 0 Å². The molecule has 0 N–H and O–H groups in total. The lowest BCUT2D eigenvalue weighted by molar-refractivity contribution is 0.0640. The summed E-state index contributed by atoms with van der Waals surface area (Å²) in [4.78, 5) is 15.1. The maximum atomic E-state index is 13.3. The Kier molecular flexibility index (Phi) is 5.02. The molecule has 1 atom stereocenters. The second-order valence-electron chi connectivity index (χ2n) is 8.10. The van der Waals surface area contributed by atoms with E-state index >= 15 is 0 Å². The van der Waals surface area contributed by atoms with Gasteiger partial charge in [0.15, 0.2) is 11.5 Å². The Labute approximate surface area is 175 Å². The van der Waals surface area contributed by atoms with Gasteiger partial charge < -0.3 is 18.7 Å². The molecule has 1 aromatic carbocycles. The summed E-state index contributed by atoms with van der Waals surface area (Å²) in [5.74, 6) is 2.66. The van der Waals surface area contributed by atoms with E-state index in [-0.39, 0.29) is 11.9 Å². The zero-order valence-electron chi connectivity index (χ0n) is 17.0. The molecule has 1 amide bonds. The van der Waals surface area contributed by atoms with Crippen LogP contribution >= 0.6 is 0 Å². The van der Waals surface area contributed by atoms with Crippen molar-refractivity contribution in [1.29, 1.82) is 0 Å². The first kappa shape index (κ1) is 18.9. The molecule has 1 aliphatic heterocycles. The van der Waals surface area contributed by atoms with Crippen molar-refractivity contribution in [3.63, 3.8) is 0 Å². The van der Waals surface area contributed by atoms with Crippen LogP contribution in [0.1, 0.15) is 72.5 Å². The minimum atomic E-state index is -0.152. The second-order valence-corrected chi connectivity index (χ2v) is 8.10. The summed E-state index contributed by atoms with van der Waals surface area (Å²) in [5.41, 5.74) is 2.09. The second kappa shape index (κ2) is 7.97. The molecule has 156 valence electrons. The quantitative estimate of drug-likeness (QED) is 0.594. The van der Waals surface area contributed by atoms with Crippen molar-refractivity contribution in [3.8, 4) is 17.0 Å². The SMILES string of the molecule is COc1ccc(-c2cc([C@H]3CCCCCN3C(=O)c3cc(C4CC4)on3)on2)cc1. The van der Waals surface area contributed by atoms with Crippen molar-refractivity contribution < 1.29 is 18.6 Å². The molecule has 2 aliphatic rings. The van der Waals surface area contributed by atoms with Crippen LogP contribution in [0, 0.1) is 0 Å². The highest BCUT2D eigenvalue weighted by molar-refractivity contribution is 5.92. The van der Waals surface area contributed by atoms with Crippen molar-refractivity contribution in [2.45, 2.75) is 50.5 Å². The van der Waals surface area contributed by atoms with Crippen LogP contribution in [0.4, 0.5) is 0 Å². The van der Waals surface area contributed by atoms with Crippen LogP contribution in [0.25, 0.3) is 11.3 Å². The first-order chi connectivity index (χ1) is 14.7. The number of carbonyl (C=O) groups is 1. The molecule has 1 aliphatic carbocycles. The number of aromatic nitrogens is 2.